The number of hydrogen-bond donors (Lipinski definition) is 3. The molecule has 6 nitrogen and oxygen atoms in total. The second kappa shape index (κ2) is 4.87. The first-order valence-electron chi connectivity index (χ1n) is 4.05. The molecule has 0 radical (unpaired) electrons. The summed E-state index contributed by atoms with van der Waals surface area (Å²) in [6.07, 6.45) is -0.506. The third-order valence-corrected chi connectivity index (χ3v) is 1.65. The van der Waals surface area contributed by atoms with E-state index < -0.39 is 6.10 Å². The minimum absolute atomic E-state index is 0.171. The number of nitrogens with one attached hydrogen (secondary N) is 2. The predicted molar refractivity (Wildman–Crippen MR) is 50.1 cm³/mol. The largest absolute Gasteiger partial charge is 0.414 e. The molecule has 0 saturated carbocycles. The number of aromatic amines is 1. The maximum atomic E-state index is 10.5. The van der Waals surface area contributed by atoms with Crippen LogP contribution in [0.15, 0.2) is 4.42 Å². The molecule has 0 saturated heterocycles. The van der Waals surface area contributed by atoms with Crippen LogP contribution in [0.1, 0.15) is 12.8 Å². The smallest absolute Gasteiger partial charge is 0.284 e. The highest BCUT2D eigenvalue weighted by atomic mass is 32.1. The van der Waals surface area contributed by atoms with Gasteiger partial charge in [-0.25, -0.2) is 5.10 Å². The highest BCUT2D eigenvalue weighted by Gasteiger charge is 2.09. The van der Waals surface area contributed by atoms with Gasteiger partial charge in [0.25, 0.3) is 4.84 Å². The van der Waals surface area contributed by atoms with Crippen LogP contribution in [0.5, 0.6) is 0 Å². The van der Waals surface area contributed by atoms with Crippen LogP contribution in [-0.4, -0.2) is 33.9 Å². The summed E-state index contributed by atoms with van der Waals surface area (Å²) in [5.41, 5.74) is 0. The van der Waals surface area contributed by atoms with Crippen LogP contribution in [0, 0.1) is 4.84 Å². The fourth-order valence-electron chi connectivity index (χ4n) is 0.883. The van der Waals surface area contributed by atoms with Gasteiger partial charge in [0.05, 0.1) is 12.5 Å². The van der Waals surface area contributed by atoms with Crippen LogP contribution in [-0.2, 0) is 11.2 Å². The molecule has 0 aromatic carbocycles. The monoisotopic (exact) mass is 217 g/mol. The quantitative estimate of drug-likeness (QED) is 0.606. The third kappa shape index (κ3) is 3.67. The van der Waals surface area contributed by atoms with Gasteiger partial charge >= 0.3 is 0 Å². The van der Waals surface area contributed by atoms with E-state index in [9.17, 15) is 9.90 Å². The van der Waals surface area contributed by atoms with Crippen molar-refractivity contribution in [3.63, 3.8) is 0 Å². The van der Waals surface area contributed by atoms with Gasteiger partial charge in [0, 0.05) is 13.5 Å². The van der Waals surface area contributed by atoms with Crippen molar-refractivity contribution >= 4 is 18.1 Å². The van der Waals surface area contributed by atoms with Crippen molar-refractivity contribution in [2.45, 2.75) is 19.4 Å². The number of aromatic nitrogens is 2. The van der Waals surface area contributed by atoms with Crippen LogP contribution in [0.4, 0.5) is 0 Å². The van der Waals surface area contributed by atoms with Crippen molar-refractivity contribution < 1.29 is 14.3 Å². The van der Waals surface area contributed by atoms with E-state index in [4.69, 9.17) is 4.42 Å². The lowest BCUT2D eigenvalue weighted by Crippen LogP contribution is -2.31. The van der Waals surface area contributed by atoms with Crippen LogP contribution in [0.3, 0.4) is 0 Å². The molecule has 1 amide bonds. The first kappa shape index (κ1) is 10.9. The van der Waals surface area contributed by atoms with Gasteiger partial charge in [-0.2, -0.15) is 0 Å². The van der Waals surface area contributed by atoms with Gasteiger partial charge in [-0.15, -0.1) is 5.10 Å². The lowest BCUT2D eigenvalue weighted by atomic mass is 10.2. The third-order valence-electron chi connectivity index (χ3n) is 1.48. The summed E-state index contributed by atoms with van der Waals surface area (Å²) in [5, 5.41) is 18.0. The summed E-state index contributed by atoms with van der Waals surface area (Å²) >= 11 is 4.66. The van der Waals surface area contributed by atoms with Crippen LogP contribution < -0.4 is 5.32 Å². The fraction of sp³-hybridized carbons (Fsp3) is 0.571. The van der Waals surface area contributed by atoms with Gasteiger partial charge in [-0.3, -0.25) is 4.79 Å². The minimum Gasteiger partial charge on any atom is -0.414 e. The Balaban J connectivity index is 2.37. The van der Waals surface area contributed by atoms with Crippen LogP contribution in [0.2, 0.25) is 0 Å². The predicted octanol–water partition coefficient (Wildman–Crippen LogP) is -0.228. The molecule has 14 heavy (non-hydrogen) atoms. The number of aliphatic hydroxyl groups is 1. The molecular formula is C7H11N3O3S. The molecule has 0 aliphatic carbocycles. The molecule has 0 spiro atoms. The zero-order valence-electron chi connectivity index (χ0n) is 7.61. The second-order valence-electron chi connectivity index (χ2n) is 2.80. The summed E-state index contributed by atoms with van der Waals surface area (Å²) < 4.78 is 4.94. The van der Waals surface area contributed by atoms with Crippen molar-refractivity contribution in [2.75, 3.05) is 6.54 Å². The number of rotatable bonds is 4. The first-order chi connectivity index (χ1) is 6.58. The van der Waals surface area contributed by atoms with E-state index in [1.165, 1.54) is 6.92 Å². The Hall–Kier alpha value is -1.21. The van der Waals surface area contributed by atoms with Crippen LogP contribution >= 0.6 is 12.2 Å². The summed E-state index contributed by atoms with van der Waals surface area (Å²) in [6, 6.07) is 0. The topological polar surface area (TPSA) is 91.1 Å². The molecule has 0 fully saturated rings. The fourth-order valence-corrected chi connectivity index (χ4v) is 1.03. The highest BCUT2D eigenvalue weighted by molar-refractivity contribution is 7.71. The molecule has 1 aromatic heterocycles. The van der Waals surface area contributed by atoms with E-state index in [-0.39, 0.29) is 23.7 Å². The van der Waals surface area contributed by atoms with Gasteiger partial charge in [0.2, 0.25) is 11.8 Å². The van der Waals surface area contributed by atoms with E-state index >= 15 is 0 Å². The molecule has 1 unspecified atom stereocenters. The van der Waals surface area contributed by atoms with E-state index in [1.54, 1.807) is 0 Å². The van der Waals surface area contributed by atoms with Crippen molar-refractivity contribution in [1.82, 2.24) is 15.5 Å². The van der Waals surface area contributed by atoms with Gasteiger partial charge in [-0.1, -0.05) is 0 Å². The zero-order chi connectivity index (χ0) is 10.6. The molecule has 1 aromatic rings. The van der Waals surface area contributed by atoms with E-state index in [0.29, 0.717) is 5.89 Å². The Bertz CT molecular complexity index is 359. The van der Waals surface area contributed by atoms with Crippen molar-refractivity contribution in [1.29, 1.82) is 0 Å². The van der Waals surface area contributed by atoms with E-state index in [2.05, 4.69) is 27.7 Å². The Kier molecular flexibility index (Phi) is 3.78. The van der Waals surface area contributed by atoms with Gasteiger partial charge < -0.3 is 14.8 Å². The number of H-pyrrole nitrogens is 1. The Morgan fingerprint density at radius 3 is 3.07 bits per heavy atom. The highest BCUT2D eigenvalue weighted by Crippen LogP contribution is 1.99. The number of hydrogen-bond acceptors (Lipinski definition) is 5. The molecule has 1 heterocycles. The molecule has 78 valence electrons. The van der Waals surface area contributed by atoms with Crippen molar-refractivity contribution in [2.24, 2.45) is 0 Å². The van der Waals surface area contributed by atoms with E-state index in [1.807, 2.05) is 0 Å². The van der Waals surface area contributed by atoms with Crippen molar-refractivity contribution in [3.8, 4) is 0 Å². The molecule has 1 atom stereocenters. The lowest BCUT2D eigenvalue weighted by Gasteiger charge is -2.07. The Morgan fingerprint density at radius 2 is 2.57 bits per heavy atom. The molecule has 3 N–H and O–H groups in total. The van der Waals surface area contributed by atoms with Gasteiger partial charge in [-0.05, 0) is 12.2 Å². The number of nitrogens with zero attached hydrogens (tertiary/aromatic N) is 1. The van der Waals surface area contributed by atoms with Gasteiger partial charge in [0.1, 0.15) is 0 Å². The van der Waals surface area contributed by atoms with Crippen LogP contribution in [0.25, 0.3) is 0 Å². The SMILES string of the molecule is CC(=O)NCC(O)Cc1n[nH]c(=S)o1. The average Bonchev–Trinajstić information content (AvgIpc) is 2.48. The van der Waals surface area contributed by atoms with Crippen molar-refractivity contribution in [3.05, 3.63) is 10.7 Å². The number of carbonyl (C=O) groups excluding carboxylic acids is 1. The molecule has 0 aliphatic rings. The van der Waals surface area contributed by atoms with E-state index in [0.717, 1.165) is 0 Å². The van der Waals surface area contributed by atoms with Gasteiger partial charge in [0.15, 0.2) is 0 Å². The molecular weight excluding hydrogens is 206 g/mol. The minimum atomic E-state index is -0.722. The molecule has 0 bridgehead atoms. The molecule has 7 heteroatoms. The number of carbonyl (C=O) groups is 1. The number of aliphatic hydroxyl groups excluding tert-OH is 1. The first-order valence-corrected chi connectivity index (χ1v) is 4.45. The number of amides is 1. The maximum Gasteiger partial charge on any atom is 0.284 e. The Labute approximate surface area is 85.3 Å². The summed E-state index contributed by atoms with van der Waals surface area (Å²) in [5.74, 6) is 0.139. The molecule has 0 aliphatic heterocycles. The lowest BCUT2D eigenvalue weighted by molar-refractivity contribution is -0.119. The second-order valence-corrected chi connectivity index (χ2v) is 3.17. The Morgan fingerprint density at radius 1 is 1.86 bits per heavy atom. The molecule has 1 rings (SSSR count). The maximum absolute atomic E-state index is 10.5. The summed E-state index contributed by atoms with van der Waals surface area (Å²) in [7, 11) is 0. The zero-order valence-corrected chi connectivity index (χ0v) is 8.43. The normalized spacial score (nSPS) is 12.4. The average molecular weight is 217 g/mol. The standard InChI is InChI=1S/C7H11N3O3S/c1-4(11)8-3-5(12)2-6-9-10-7(14)13-6/h5,12H,2-3H2,1H3,(H,8,11)(H,10,14). The summed E-state index contributed by atoms with van der Waals surface area (Å²) in [6.45, 7) is 1.55. The summed E-state index contributed by atoms with van der Waals surface area (Å²) in [4.78, 5) is 10.7.